The van der Waals surface area contributed by atoms with Crippen molar-refractivity contribution in [3.05, 3.63) is 114 Å². The second-order valence-electron chi connectivity index (χ2n) is 9.68. The molecule has 2 amide bonds. The van der Waals surface area contributed by atoms with Gasteiger partial charge in [-0.15, -0.1) is 0 Å². The van der Waals surface area contributed by atoms with Gasteiger partial charge in [-0.05, 0) is 29.8 Å². The van der Waals surface area contributed by atoms with Crippen LogP contribution < -0.4 is 10.6 Å². The lowest BCUT2D eigenvalue weighted by molar-refractivity contribution is -0.119. The molecule has 3 aromatic carbocycles. The molecular weight excluding hydrogens is 494 g/mol. The minimum absolute atomic E-state index is 0.131. The predicted molar refractivity (Wildman–Crippen MR) is 147 cm³/mol. The Kier molecular flexibility index (Phi) is 7.23. The smallest absolute Gasteiger partial charge is 0.268 e. The first-order chi connectivity index (χ1) is 19.2. The maximum Gasteiger partial charge on any atom is 0.268 e. The Morgan fingerprint density at radius 2 is 1.62 bits per heavy atom. The largest absolute Gasteiger partial charge is 0.370 e. The molecule has 0 aliphatic carbocycles. The summed E-state index contributed by atoms with van der Waals surface area (Å²) < 4.78 is 18.1. The summed E-state index contributed by atoms with van der Waals surface area (Å²) in [4.78, 5) is 29.8. The topological polar surface area (TPSA) is 102 Å². The minimum Gasteiger partial charge on any atom is -0.370 e. The molecule has 2 aliphatic rings. The van der Waals surface area contributed by atoms with Crippen LogP contribution in [-0.2, 0) is 25.6 Å². The van der Waals surface area contributed by atoms with E-state index >= 15 is 0 Å². The highest BCUT2D eigenvalue weighted by Crippen LogP contribution is 2.30. The van der Waals surface area contributed by atoms with E-state index in [0.29, 0.717) is 25.4 Å². The maximum absolute atomic E-state index is 13.6. The van der Waals surface area contributed by atoms with E-state index in [1.807, 2.05) is 66.9 Å². The van der Waals surface area contributed by atoms with Crippen LogP contribution in [0.2, 0.25) is 0 Å². The number of nitrogens with one attached hydrogen (secondary N) is 3. The Morgan fingerprint density at radius 1 is 0.897 bits per heavy atom. The Morgan fingerprint density at radius 3 is 2.44 bits per heavy atom. The van der Waals surface area contributed by atoms with Crippen molar-refractivity contribution in [2.45, 2.75) is 31.0 Å². The average Bonchev–Trinajstić information content (AvgIpc) is 3.69. The van der Waals surface area contributed by atoms with Gasteiger partial charge in [-0.2, -0.15) is 0 Å². The number of amides is 2. The van der Waals surface area contributed by atoms with E-state index in [2.05, 4.69) is 15.6 Å². The minimum atomic E-state index is -0.420. The Bertz CT molecular complexity index is 1480. The molecule has 3 heterocycles. The van der Waals surface area contributed by atoms with Crippen molar-refractivity contribution in [3.8, 4) is 0 Å². The first-order valence-electron chi connectivity index (χ1n) is 13.0. The first-order valence-corrected chi connectivity index (χ1v) is 13.0. The van der Waals surface area contributed by atoms with Crippen molar-refractivity contribution in [2.75, 3.05) is 13.2 Å². The van der Waals surface area contributed by atoms with Gasteiger partial charge in [0.25, 0.3) is 11.8 Å². The molecule has 2 aliphatic heterocycles. The zero-order valence-electron chi connectivity index (χ0n) is 21.2. The van der Waals surface area contributed by atoms with E-state index in [0.717, 1.165) is 22.0 Å². The lowest BCUT2D eigenvalue weighted by atomic mass is 10.1. The average molecular weight is 524 g/mol. The summed E-state index contributed by atoms with van der Waals surface area (Å²) in [5, 5.41) is 6.77. The number of hydrogen-bond donors (Lipinski definition) is 3. The molecule has 0 unspecified atom stereocenters. The number of hydrogen-bond acceptors (Lipinski definition) is 5. The fourth-order valence-corrected chi connectivity index (χ4v) is 5.07. The second kappa shape index (κ2) is 11.2. The van der Waals surface area contributed by atoms with Gasteiger partial charge in [0.2, 0.25) is 0 Å². The van der Waals surface area contributed by atoms with E-state index in [1.54, 1.807) is 30.3 Å². The number of aromatic amines is 1. The molecular formula is C31H29N3O5. The van der Waals surface area contributed by atoms with Crippen LogP contribution in [0.5, 0.6) is 0 Å². The molecule has 0 radical (unpaired) electrons. The zero-order valence-corrected chi connectivity index (χ0v) is 21.2. The third-order valence-corrected chi connectivity index (χ3v) is 7.08. The van der Waals surface area contributed by atoms with Crippen molar-refractivity contribution >= 4 is 28.8 Å². The van der Waals surface area contributed by atoms with Gasteiger partial charge in [-0.25, -0.2) is 0 Å². The number of fused-ring (bicyclic) bond motifs is 2. The Balaban J connectivity index is 1.17. The van der Waals surface area contributed by atoms with Crippen LogP contribution in [0.25, 0.3) is 17.0 Å². The Labute approximate surface area is 226 Å². The molecule has 2 saturated heterocycles. The normalized spacial score (nSPS) is 22.5. The van der Waals surface area contributed by atoms with Crippen molar-refractivity contribution < 1.29 is 23.8 Å². The van der Waals surface area contributed by atoms with Crippen LogP contribution in [0.3, 0.4) is 0 Å². The number of rotatable bonds is 8. The Hall–Kier alpha value is -4.24. The van der Waals surface area contributed by atoms with Crippen molar-refractivity contribution in [3.63, 3.8) is 0 Å². The molecule has 1 aromatic heterocycles. The molecule has 0 bridgehead atoms. The van der Waals surface area contributed by atoms with Gasteiger partial charge < -0.3 is 29.8 Å². The molecule has 3 N–H and O–H groups in total. The van der Waals surface area contributed by atoms with Gasteiger partial charge in [0.05, 0.1) is 25.9 Å². The van der Waals surface area contributed by atoms with Crippen molar-refractivity contribution in [1.82, 2.24) is 15.6 Å². The maximum atomic E-state index is 13.6. The fraction of sp³-hybridized carbons (Fsp3) is 0.226. The summed E-state index contributed by atoms with van der Waals surface area (Å²) in [7, 11) is 0. The third-order valence-electron chi connectivity index (χ3n) is 7.08. The molecule has 39 heavy (non-hydrogen) atoms. The molecule has 0 spiro atoms. The number of carbonyl (C=O) groups excluding carboxylic acids is 2. The van der Waals surface area contributed by atoms with Crippen LogP contribution in [-0.4, -0.2) is 54.4 Å². The van der Waals surface area contributed by atoms with Gasteiger partial charge in [0, 0.05) is 28.2 Å². The van der Waals surface area contributed by atoms with Crippen molar-refractivity contribution in [1.29, 1.82) is 0 Å². The number of H-pyrrole nitrogens is 1. The molecule has 4 atom stereocenters. The first kappa shape index (κ1) is 25.1. The quantitative estimate of drug-likeness (QED) is 0.305. The third kappa shape index (κ3) is 5.49. The molecule has 6 rings (SSSR count). The summed E-state index contributed by atoms with van der Waals surface area (Å²) in [6, 6.07) is 26.1. The predicted octanol–water partition coefficient (Wildman–Crippen LogP) is 3.81. The lowest BCUT2D eigenvalue weighted by Gasteiger charge is -2.19. The number of benzene rings is 3. The van der Waals surface area contributed by atoms with Crippen LogP contribution in [0, 0.1) is 0 Å². The highest BCUT2D eigenvalue weighted by atomic mass is 16.6. The van der Waals surface area contributed by atoms with Gasteiger partial charge in [-0.3, -0.25) is 9.59 Å². The van der Waals surface area contributed by atoms with Gasteiger partial charge >= 0.3 is 0 Å². The van der Waals surface area contributed by atoms with Crippen LogP contribution in [0.4, 0.5) is 0 Å². The van der Waals surface area contributed by atoms with E-state index < -0.39 is 5.91 Å². The number of carbonyl (C=O) groups is 2. The van der Waals surface area contributed by atoms with Gasteiger partial charge in [-0.1, -0.05) is 66.7 Å². The van der Waals surface area contributed by atoms with E-state index in [4.69, 9.17) is 14.2 Å². The lowest BCUT2D eigenvalue weighted by Crippen LogP contribution is -2.46. The molecule has 2 fully saturated rings. The molecule has 4 aromatic rings. The van der Waals surface area contributed by atoms with E-state index in [9.17, 15) is 9.59 Å². The van der Waals surface area contributed by atoms with E-state index in [-0.39, 0.29) is 36.0 Å². The van der Waals surface area contributed by atoms with Gasteiger partial charge in [0.1, 0.15) is 24.0 Å². The SMILES string of the molecule is O=C(N[C@@H]1CO[C@H]2[C@@H]1OC[C@H]2OCc1ccccc1)/C(=C/c1c[nH]c2ccccc12)NC(=O)c1ccccc1. The number of para-hydroxylation sites is 1. The molecule has 0 saturated carbocycles. The summed E-state index contributed by atoms with van der Waals surface area (Å²) >= 11 is 0. The highest BCUT2D eigenvalue weighted by Gasteiger charge is 2.49. The second-order valence-corrected chi connectivity index (χ2v) is 9.68. The van der Waals surface area contributed by atoms with Crippen molar-refractivity contribution in [2.24, 2.45) is 0 Å². The highest BCUT2D eigenvalue weighted by molar-refractivity contribution is 6.06. The monoisotopic (exact) mass is 523 g/mol. The van der Waals surface area contributed by atoms with Crippen LogP contribution >= 0.6 is 0 Å². The molecule has 198 valence electrons. The zero-order chi connectivity index (χ0) is 26.6. The van der Waals surface area contributed by atoms with Gasteiger partial charge in [0.15, 0.2) is 0 Å². The van der Waals surface area contributed by atoms with Crippen LogP contribution in [0.15, 0.2) is 96.8 Å². The number of aromatic nitrogens is 1. The summed E-state index contributed by atoms with van der Waals surface area (Å²) in [5.41, 5.74) is 3.39. The summed E-state index contributed by atoms with van der Waals surface area (Å²) in [5.74, 6) is -0.792. The molecule has 8 heteroatoms. The van der Waals surface area contributed by atoms with Crippen LogP contribution in [0.1, 0.15) is 21.5 Å². The summed E-state index contributed by atoms with van der Waals surface area (Å²) in [6.45, 7) is 1.14. The van der Waals surface area contributed by atoms with E-state index in [1.165, 1.54) is 0 Å². The standard InChI is InChI=1S/C31H29N3O5/c35-30(21-11-5-2-6-12-21)33-25(15-22-16-32-24-14-8-7-13-23(22)24)31(36)34-26-18-38-29-27(19-39-28(26)29)37-17-20-9-3-1-4-10-20/h1-16,26-29,32H,17-19H2,(H,33,35)(H,34,36)/b25-15-/t26-,27-,28-,29-/m1/s1. The number of ether oxygens (including phenoxy) is 3. The summed E-state index contributed by atoms with van der Waals surface area (Å²) in [6.07, 6.45) is 2.66. The fourth-order valence-electron chi connectivity index (χ4n) is 5.07. The molecule has 8 nitrogen and oxygen atoms in total.